The number of halogens is 2. The van der Waals surface area contributed by atoms with Crippen molar-refractivity contribution in [1.29, 1.82) is 0 Å². The Balaban J connectivity index is 2.73. The van der Waals surface area contributed by atoms with E-state index in [1.54, 1.807) is 0 Å². The molecular weight excluding hydrogens is 367 g/mol. The Hall–Kier alpha value is -1.19. The molecule has 0 unspecified atom stereocenters. The van der Waals surface area contributed by atoms with Crippen molar-refractivity contribution in [2.45, 2.75) is 24.7 Å². The molecule has 0 aliphatic heterocycles. The van der Waals surface area contributed by atoms with Crippen LogP contribution in [0, 0.1) is 5.82 Å². The van der Waals surface area contributed by atoms with Crippen molar-refractivity contribution < 1.29 is 22.3 Å². The second-order valence-corrected chi connectivity index (χ2v) is 6.63. The zero-order valence-electron chi connectivity index (χ0n) is 11.4. The molecule has 6 nitrogen and oxygen atoms in total. The van der Waals surface area contributed by atoms with Gasteiger partial charge in [-0.2, -0.15) is 0 Å². The molecule has 1 amide bonds. The highest BCUT2D eigenvalue weighted by atomic mass is 79.9. The molecule has 118 valence electrons. The third-order valence-corrected chi connectivity index (χ3v) is 4.05. The lowest BCUT2D eigenvalue weighted by Gasteiger charge is -2.10. The third kappa shape index (κ3) is 5.60. The summed E-state index contributed by atoms with van der Waals surface area (Å²) in [5, 5.41) is 7.51. The molecule has 1 aromatic carbocycles. The van der Waals surface area contributed by atoms with Gasteiger partial charge in [0.15, 0.2) is 6.61 Å². The molecule has 3 N–H and O–H groups in total. The summed E-state index contributed by atoms with van der Waals surface area (Å²) in [5.41, 5.74) is 0. The Morgan fingerprint density at radius 1 is 1.48 bits per heavy atom. The molecule has 0 heterocycles. The van der Waals surface area contributed by atoms with E-state index in [-0.39, 0.29) is 22.7 Å². The zero-order chi connectivity index (χ0) is 16.0. The normalized spacial score (nSPS) is 11.2. The van der Waals surface area contributed by atoms with Crippen molar-refractivity contribution >= 4 is 31.9 Å². The molecule has 0 spiro atoms. The lowest BCUT2D eigenvalue weighted by molar-refractivity contribution is -0.123. The van der Waals surface area contributed by atoms with Crippen LogP contribution in [-0.4, -0.2) is 27.5 Å². The average molecular weight is 383 g/mol. The number of nitrogens with one attached hydrogen (secondary N) is 1. The summed E-state index contributed by atoms with van der Waals surface area (Å²) >= 11 is 3.04. The second kappa shape index (κ2) is 7.71. The molecule has 1 rings (SSSR count). The zero-order valence-corrected chi connectivity index (χ0v) is 13.8. The van der Waals surface area contributed by atoms with E-state index in [0.29, 0.717) is 6.54 Å². The quantitative estimate of drug-likeness (QED) is 0.698. The molecule has 0 bridgehead atoms. The van der Waals surface area contributed by atoms with Crippen LogP contribution in [0.15, 0.2) is 21.5 Å². The van der Waals surface area contributed by atoms with Gasteiger partial charge in [-0.15, -0.1) is 0 Å². The van der Waals surface area contributed by atoms with Gasteiger partial charge in [0.1, 0.15) is 16.5 Å². The van der Waals surface area contributed by atoms with E-state index in [4.69, 9.17) is 9.88 Å². The number of unbranched alkanes of at least 4 members (excludes halogenated alkanes) is 1. The Kier molecular flexibility index (Phi) is 6.56. The molecule has 9 heteroatoms. The molecule has 0 fully saturated rings. The Morgan fingerprint density at radius 2 is 2.14 bits per heavy atom. The fourth-order valence-electron chi connectivity index (χ4n) is 1.44. The van der Waals surface area contributed by atoms with Gasteiger partial charge >= 0.3 is 0 Å². The van der Waals surface area contributed by atoms with Gasteiger partial charge in [-0.05, 0) is 28.4 Å². The number of rotatable bonds is 7. The molecule has 0 radical (unpaired) electrons. The number of hydrogen-bond acceptors (Lipinski definition) is 4. The van der Waals surface area contributed by atoms with Crippen LogP contribution in [0.3, 0.4) is 0 Å². The number of carbonyl (C=O) groups excluding carboxylic acids is 1. The number of amides is 1. The minimum Gasteiger partial charge on any atom is -0.482 e. The van der Waals surface area contributed by atoms with E-state index in [9.17, 15) is 17.6 Å². The first-order valence-electron chi connectivity index (χ1n) is 6.17. The molecular formula is C12H16BrFN2O4S. The monoisotopic (exact) mass is 382 g/mol. The maximum Gasteiger partial charge on any atom is 0.257 e. The van der Waals surface area contributed by atoms with Gasteiger partial charge in [-0.3, -0.25) is 4.79 Å². The average Bonchev–Trinajstić information content (AvgIpc) is 2.38. The Labute approximate surface area is 131 Å². The lowest BCUT2D eigenvalue weighted by Crippen LogP contribution is -2.29. The highest BCUT2D eigenvalue weighted by Crippen LogP contribution is 2.29. The standard InChI is InChI=1S/C12H16BrFN2O4S/c1-2-3-4-16-12(17)7-20-10-6-9(14)11(5-8(10)13)21(15,18)19/h5-6H,2-4,7H2,1H3,(H,16,17)(H2,15,18,19). The highest BCUT2D eigenvalue weighted by Gasteiger charge is 2.18. The summed E-state index contributed by atoms with van der Waals surface area (Å²) in [6, 6.07) is 1.86. The summed E-state index contributed by atoms with van der Waals surface area (Å²) < 4.78 is 41.3. The molecule has 0 saturated carbocycles. The van der Waals surface area contributed by atoms with Crippen molar-refractivity contribution in [1.82, 2.24) is 5.32 Å². The van der Waals surface area contributed by atoms with Gasteiger partial charge in [0, 0.05) is 12.6 Å². The fourth-order valence-corrected chi connectivity index (χ4v) is 2.66. The van der Waals surface area contributed by atoms with Crippen LogP contribution in [0.5, 0.6) is 5.75 Å². The van der Waals surface area contributed by atoms with Crippen LogP contribution in [0.2, 0.25) is 0 Å². The van der Waals surface area contributed by atoms with Crippen LogP contribution in [-0.2, 0) is 14.8 Å². The van der Waals surface area contributed by atoms with Crippen LogP contribution in [0.1, 0.15) is 19.8 Å². The largest absolute Gasteiger partial charge is 0.482 e. The minimum atomic E-state index is -4.16. The number of carbonyl (C=O) groups is 1. The number of hydrogen-bond donors (Lipinski definition) is 2. The number of sulfonamides is 1. The van der Waals surface area contributed by atoms with Crippen LogP contribution in [0.25, 0.3) is 0 Å². The molecule has 0 saturated heterocycles. The fraction of sp³-hybridized carbons (Fsp3) is 0.417. The first kappa shape index (κ1) is 17.9. The highest BCUT2D eigenvalue weighted by molar-refractivity contribution is 9.10. The topological polar surface area (TPSA) is 98.5 Å². The van der Waals surface area contributed by atoms with E-state index in [0.717, 1.165) is 25.0 Å². The van der Waals surface area contributed by atoms with Crippen molar-refractivity contribution in [3.63, 3.8) is 0 Å². The summed E-state index contributed by atoms with van der Waals surface area (Å²) in [6.45, 7) is 2.24. The number of primary sulfonamides is 1. The van der Waals surface area contributed by atoms with E-state index in [1.807, 2.05) is 6.92 Å². The molecule has 0 aliphatic rings. The van der Waals surface area contributed by atoms with Gasteiger partial charge in [0.2, 0.25) is 10.0 Å². The second-order valence-electron chi connectivity index (χ2n) is 4.25. The Morgan fingerprint density at radius 3 is 2.71 bits per heavy atom. The van der Waals surface area contributed by atoms with Crippen LogP contribution >= 0.6 is 15.9 Å². The third-order valence-electron chi connectivity index (χ3n) is 2.50. The minimum absolute atomic E-state index is 0.0190. The SMILES string of the molecule is CCCCNC(=O)COc1cc(F)c(S(N)(=O)=O)cc1Br. The van der Waals surface area contributed by atoms with Crippen LogP contribution in [0.4, 0.5) is 4.39 Å². The van der Waals surface area contributed by atoms with Gasteiger partial charge in [-0.1, -0.05) is 13.3 Å². The summed E-state index contributed by atoms with van der Waals surface area (Å²) in [5.74, 6) is -1.36. The smallest absolute Gasteiger partial charge is 0.257 e. The number of benzene rings is 1. The van der Waals surface area contributed by atoms with Crippen molar-refractivity contribution in [3.05, 3.63) is 22.4 Å². The van der Waals surface area contributed by atoms with Gasteiger partial charge in [0.05, 0.1) is 4.47 Å². The predicted molar refractivity (Wildman–Crippen MR) is 78.9 cm³/mol. The predicted octanol–water partition coefficient (Wildman–Crippen LogP) is 1.53. The van der Waals surface area contributed by atoms with E-state index >= 15 is 0 Å². The molecule has 0 atom stereocenters. The maximum atomic E-state index is 13.6. The lowest BCUT2D eigenvalue weighted by atomic mass is 10.3. The molecule has 21 heavy (non-hydrogen) atoms. The molecule has 1 aromatic rings. The van der Waals surface area contributed by atoms with E-state index in [1.165, 1.54) is 0 Å². The number of nitrogens with two attached hydrogens (primary N) is 1. The van der Waals surface area contributed by atoms with Crippen molar-refractivity contribution in [2.24, 2.45) is 5.14 Å². The van der Waals surface area contributed by atoms with Gasteiger partial charge in [-0.25, -0.2) is 17.9 Å². The van der Waals surface area contributed by atoms with Crippen molar-refractivity contribution in [3.8, 4) is 5.75 Å². The van der Waals surface area contributed by atoms with E-state index in [2.05, 4.69) is 21.2 Å². The number of ether oxygens (including phenoxy) is 1. The first-order chi connectivity index (χ1) is 9.75. The molecule has 0 aromatic heterocycles. The van der Waals surface area contributed by atoms with Crippen LogP contribution < -0.4 is 15.2 Å². The van der Waals surface area contributed by atoms with Gasteiger partial charge < -0.3 is 10.1 Å². The summed E-state index contributed by atoms with van der Waals surface area (Å²) in [6.07, 6.45) is 1.81. The van der Waals surface area contributed by atoms with E-state index < -0.39 is 20.7 Å². The maximum absolute atomic E-state index is 13.6. The molecule has 0 aliphatic carbocycles. The first-order valence-corrected chi connectivity index (χ1v) is 8.51. The Bertz CT molecular complexity index is 622. The van der Waals surface area contributed by atoms with Gasteiger partial charge in [0.25, 0.3) is 5.91 Å². The van der Waals surface area contributed by atoms with Crippen molar-refractivity contribution in [2.75, 3.05) is 13.2 Å². The summed E-state index contributed by atoms with van der Waals surface area (Å²) in [4.78, 5) is 10.8. The summed E-state index contributed by atoms with van der Waals surface area (Å²) in [7, 11) is -4.16.